The molecule has 0 unspecified atom stereocenters. The molecular weight excluding hydrogens is 420 g/mol. The summed E-state index contributed by atoms with van der Waals surface area (Å²) in [6, 6.07) is 15.1. The van der Waals surface area contributed by atoms with Crippen molar-refractivity contribution in [3.63, 3.8) is 0 Å². The fourth-order valence-electron chi connectivity index (χ4n) is 2.74. The van der Waals surface area contributed by atoms with Crippen LogP contribution in [-0.2, 0) is 20.6 Å². The summed E-state index contributed by atoms with van der Waals surface area (Å²) in [4.78, 5) is 12.3. The van der Waals surface area contributed by atoms with Crippen molar-refractivity contribution < 1.29 is 17.9 Å². The number of thioether (sulfide) groups is 1. The molecule has 0 aliphatic heterocycles. The lowest BCUT2D eigenvalue weighted by Crippen LogP contribution is -2.40. The van der Waals surface area contributed by atoms with E-state index in [9.17, 15) is 13.2 Å². The van der Waals surface area contributed by atoms with E-state index in [0.29, 0.717) is 24.6 Å². The summed E-state index contributed by atoms with van der Waals surface area (Å²) in [6.07, 6.45) is 1.92. The first kappa shape index (κ1) is 24.1. The van der Waals surface area contributed by atoms with Crippen molar-refractivity contribution in [1.29, 1.82) is 0 Å². The zero-order chi connectivity index (χ0) is 22.0. The van der Waals surface area contributed by atoms with Gasteiger partial charge in [-0.15, -0.1) is 0 Å². The van der Waals surface area contributed by atoms with Gasteiger partial charge in [-0.25, -0.2) is 8.42 Å². The van der Waals surface area contributed by atoms with Crippen molar-refractivity contribution in [2.45, 2.75) is 26.0 Å². The molecule has 2 rings (SSSR count). The molecule has 2 aromatic carbocycles. The number of nitrogens with one attached hydrogen (secondary N) is 1. The van der Waals surface area contributed by atoms with Crippen molar-refractivity contribution in [3.8, 4) is 5.75 Å². The Bertz CT molecular complexity index is 898. The number of carbonyl (C=O) groups excluding carboxylic acids is 1. The predicted molar refractivity (Wildman–Crippen MR) is 125 cm³/mol. The molecule has 0 radical (unpaired) electrons. The molecule has 0 spiro atoms. The van der Waals surface area contributed by atoms with Crippen LogP contribution < -0.4 is 14.4 Å². The van der Waals surface area contributed by atoms with Crippen LogP contribution in [0.3, 0.4) is 0 Å². The van der Waals surface area contributed by atoms with Gasteiger partial charge in [0.2, 0.25) is 15.9 Å². The molecule has 8 heteroatoms. The number of aryl methyl sites for hydroxylation is 1. The Kier molecular flexibility index (Phi) is 9.52. The number of amides is 1. The second-order valence-electron chi connectivity index (χ2n) is 6.94. The lowest BCUT2D eigenvalue weighted by Gasteiger charge is -2.22. The minimum atomic E-state index is -3.58. The van der Waals surface area contributed by atoms with Crippen LogP contribution in [0.2, 0.25) is 0 Å². The number of rotatable bonds is 12. The van der Waals surface area contributed by atoms with Gasteiger partial charge >= 0.3 is 0 Å². The highest BCUT2D eigenvalue weighted by molar-refractivity contribution is 7.98. The van der Waals surface area contributed by atoms with Gasteiger partial charge in [-0.2, -0.15) is 11.8 Å². The van der Waals surface area contributed by atoms with Gasteiger partial charge in [-0.1, -0.05) is 29.8 Å². The van der Waals surface area contributed by atoms with E-state index in [1.807, 2.05) is 18.7 Å². The Morgan fingerprint density at radius 1 is 1.10 bits per heavy atom. The van der Waals surface area contributed by atoms with Crippen LogP contribution in [0.1, 0.15) is 24.5 Å². The number of hydrogen-bond acceptors (Lipinski definition) is 5. The van der Waals surface area contributed by atoms with Crippen LogP contribution in [-0.4, -0.2) is 46.0 Å². The fourth-order valence-corrected chi connectivity index (χ4v) is 4.52. The molecule has 0 aromatic heterocycles. The van der Waals surface area contributed by atoms with E-state index in [4.69, 9.17) is 4.74 Å². The highest BCUT2D eigenvalue weighted by atomic mass is 32.2. The van der Waals surface area contributed by atoms with E-state index in [0.717, 1.165) is 28.5 Å². The Hall–Kier alpha value is -2.19. The molecule has 30 heavy (non-hydrogen) atoms. The van der Waals surface area contributed by atoms with Crippen LogP contribution in [0, 0.1) is 6.92 Å². The van der Waals surface area contributed by atoms with Crippen LogP contribution in [0.15, 0.2) is 48.5 Å². The first-order valence-electron chi connectivity index (χ1n) is 9.90. The number of sulfonamides is 1. The third-order valence-corrected chi connectivity index (χ3v) is 6.56. The molecule has 0 saturated heterocycles. The van der Waals surface area contributed by atoms with E-state index in [1.165, 1.54) is 11.1 Å². The smallest absolute Gasteiger partial charge is 0.240 e. The molecule has 2 aromatic rings. The maximum atomic E-state index is 12.3. The number of nitrogens with zero attached hydrogens (tertiary/aromatic N) is 1. The predicted octanol–water partition coefficient (Wildman–Crippen LogP) is 3.60. The van der Waals surface area contributed by atoms with Crippen molar-refractivity contribution in [2.75, 3.05) is 36.0 Å². The topological polar surface area (TPSA) is 75.7 Å². The molecule has 0 fully saturated rings. The summed E-state index contributed by atoms with van der Waals surface area (Å²) in [5.74, 6) is 2.19. The van der Waals surface area contributed by atoms with Crippen LogP contribution in [0.4, 0.5) is 5.69 Å². The van der Waals surface area contributed by atoms with Gasteiger partial charge in [0.25, 0.3) is 0 Å². The Labute approximate surface area is 184 Å². The van der Waals surface area contributed by atoms with Gasteiger partial charge in [-0.3, -0.25) is 9.10 Å². The zero-order valence-corrected chi connectivity index (χ0v) is 19.4. The van der Waals surface area contributed by atoms with Gasteiger partial charge in [-0.05, 0) is 55.9 Å². The van der Waals surface area contributed by atoms with E-state index in [2.05, 4.69) is 36.5 Å². The average Bonchev–Trinajstić information content (AvgIpc) is 2.70. The normalized spacial score (nSPS) is 11.2. The van der Waals surface area contributed by atoms with Crippen molar-refractivity contribution >= 4 is 33.4 Å². The maximum Gasteiger partial charge on any atom is 0.240 e. The third kappa shape index (κ3) is 8.28. The molecule has 0 saturated carbocycles. The minimum Gasteiger partial charge on any atom is -0.494 e. The first-order chi connectivity index (χ1) is 14.3. The Morgan fingerprint density at radius 3 is 2.37 bits per heavy atom. The molecule has 1 amide bonds. The minimum absolute atomic E-state index is 0.247. The van der Waals surface area contributed by atoms with E-state index in [-0.39, 0.29) is 12.5 Å². The molecule has 0 aliphatic rings. The van der Waals surface area contributed by atoms with Gasteiger partial charge < -0.3 is 10.1 Å². The van der Waals surface area contributed by atoms with Gasteiger partial charge in [0, 0.05) is 12.3 Å². The lowest BCUT2D eigenvalue weighted by molar-refractivity contribution is -0.119. The number of carbonyl (C=O) groups is 1. The van der Waals surface area contributed by atoms with Crippen molar-refractivity contribution in [2.24, 2.45) is 0 Å². The molecule has 6 nitrogen and oxygen atoms in total. The third-order valence-electron chi connectivity index (χ3n) is 4.30. The Morgan fingerprint density at radius 2 is 1.77 bits per heavy atom. The van der Waals surface area contributed by atoms with Crippen LogP contribution in [0.25, 0.3) is 0 Å². The molecule has 0 bridgehead atoms. The molecule has 0 atom stereocenters. The zero-order valence-electron chi connectivity index (χ0n) is 17.8. The fraction of sp³-hybridized carbons (Fsp3) is 0.409. The SMILES string of the molecule is CCOc1ccc(N(CC(=O)NCCCSCc2ccc(C)cc2)S(C)(=O)=O)cc1. The quantitative estimate of drug-likeness (QED) is 0.500. The van der Waals surface area contributed by atoms with E-state index in [1.54, 1.807) is 24.3 Å². The summed E-state index contributed by atoms with van der Waals surface area (Å²) in [6.45, 7) is 4.74. The van der Waals surface area contributed by atoms with Crippen LogP contribution in [0.5, 0.6) is 5.75 Å². The summed E-state index contributed by atoms with van der Waals surface area (Å²) in [5.41, 5.74) is 2.97. The first-order valence-corrected chi connectivity index (χ1v) is 12.9. The molecule has 0 aliphatic carbocycles. The van der Waals surface area contributed by atoms with Gasteiger partial charge in [0.1, 0.15) is 12.3 Å². The Balaban J connectivity index is 1.76. The summed E-state index contributed by atoms with van der Waals surface area (Å²) < 4.78 is 30.8. The van der Waals surface area contributed by atoms with Crippen molar-refractivity contribution in [1.82, 2.24) is 5.32 Å². The highest BCUT2D eigenvalue weighted by Crippen LogP contribution is 2.21. The second-order valence-corrected chi connectivity index (χ2v) is 9.95. The molecule has 1 N–H and O–H groups in total. The largest absolute Gasteiger partial charge is 0.494 e. The standard InChI is InChI=1S/C22H30N2O4S2/c1-4-28-21-12-10-20(11-13-21)24(30(3,26)27)16-22(25)23-14-5-15-29-17-19-8-6-18(2)7-9-19/h6-13H,4-5,14-17H2,1-3H3,(H,23,25). The van der Waals surface area contributed by atoms with Crippen LogP contribution >= 0.6 is 11.8 Å². The van der Waals surface area contributed by atoms with Gasteiger partial charge in [0.05, 0.1) is 18.6 Å². The van der Waals surface area contributed by atoms with Crippen molar-refractivity contribution in [3.05, 3.63) is 59.7 Å². The number of benzene rings is 2. The van der Waals surface area contributed by atoms with E-state index >= 15 is 0 Å². The second kappa shape index (κ2) is 11.9. The number of hydrogen-bond donors (Lipinski definition) is 1. The average molecular weight is 451 g/mol. The maximum absolute atomic E-state index is 12.3. The molecule has 164 valence electrons. The molecule has 0 heterocycles. The number of anilines is 1. The highest BCUT2D eigenvalue weighted by Gasteiger charge is 2.20. The van der Waals surface area contributed by atoms with E-state index < -0.39 is 10.0 Å². The summed E-state index contributed by atoms with van der Waals surface area (Å²) >= 11 is 1.81. The lowest BCUT2D eigenvalue weighted by atomic mass is 10.2. The summed E-state index contributed by atoms with van der Waals surface area (Å²) in [5, 5.41) is 2.81. The monoisotopic (exact) mass is 450 g/mol. The molecular formula is C22H30N2O4S2. The number of ether oxygens (including phenoxy) is 1. The summed E-state index contributed by atoms with van der Waals surface area (Å²) in [7, 11) is -3.58. The van der Waals surface area contributed by atoms with Gasteiger partial charge in [0.15, 0.2) is 0 Å².